The lowest BCUT2D eigenvalue weighted by Gasteiger charge is -2.07. The summed E-state index contributed by atoms with van der Waals surface area (Å²) in [7, 11) is 0. The Kier molecular flexibility index (Phi) is 26.7. The maximum absolute atomic E-state index is 11.8. The monoisotopic (exact) mass is 466 g/mol. The SMILES string of the molecule is CCCCCCCCCCCCOC(=O)CCCCCCC/C=C/C[C@H](O)CCCCCC. The number of ether oxygens (including phenoxy) is 1. The molecule has 0 radical (unpaired) electrons. The molecule has 1 atom stereocenters. The fourth-order valence-corrected chi connectivity index (χ4v) is 4.21. The second-order valence-electron chi connectivity index (χ2n) is 9.92. The molecule has 0 aromatic heterocycles. The third-order valence-electron chi connectivity index (χ3n) is 6.48. The van der Waals surface area contributed by atoms with E-state index in [2.05, 4.69) is 26.0 Å². The average molecular weight is 467 g/mol. The van der Waals surface area contributed by atoms with Crippen molar-refractivity contribution in [3.05, 3.63) is 12.2 Å². The maximum atomic E-state index is 11.8. The van der Waals surface area contributed by atoms with Crippen LogP contribution in [-0.4, -0.2) is 23.8 Å². The quantitative estimate of drug-likeness (QED) is 0.0784. The van der Waals surface area contributed by atoms with Crippen LogP contribution < -0.4 is 0 Å². The number of hydrogen-bond donors (Lipinski definition) is 1. The molecule has 0 spiro atoms. The molecule has 0 aliphatic rings. The topological polar surface area (TPSA) is 46.5 Å². The summed E-state index contributed by atoms with van der Waals surface area (Å²) in [6.07, 6.45) is 31.3. The van der Waals surface area contributed by atoms with E-state index in [0.717, 1.165) is 44.9 Å². The van der Waals surface area contributed by atoms with Crippen LogP contribution in [0, 0.1) is 0 Å². The molecule has 0 aliphatic carbocycles. The Morgan fingerprint density at radius 1 is 0.667 bits per heavy atom. The van der Waals surface area contributed by atoms with E-state index in [9.17, 15) is 9.90 Å². The van der Waals surface area contributed by atoms with Crippen molar-refractivity contribution in [2.75, 3.05) is 6.61 Å². The molecule has 0 fully saturated rings. The average Bonchev–Trinajstić information content (AvgIpc) is 2.81. The van der Waals surface area contributed by atoms with Crippen LogP contribution in [-0.2, 0) is 9.53 Å². The predicted octanol–water partition coefficient (Wildman–Crippen LogP) is 9.46. The Morgan fingerprint density at radius 2 is 1.18 bits per heavy atom. The molecule has 0 aliphatic heterocycles. The Bertz CT molecular complexity index is 419. The largest absolute Gasteiger partial charge is 0.466 e. The van der Waals surface area contributed by atoms with Gasteiger partial charge in [-0.2, -0.15) is 0 Å². The van der Waals surface area contributed by atoms with Crippen molar-refractivity contribution < 1.29 is 14.6 Å². The van der Waals surface area contributed by atoms with Crippen LogP contribution in [0.2, 0.25) is 0 Å². The van der Waals surface area contributed by atoms with E-state index in [1.54, 1.807) is 0 Å². The molecule has 0 rings (SSSR count). The van der Waals surface area contributed by atoms with E-state index < -0.39 is 0 Å². The number of carbonyl (C=O) groups excluding carboxylic acids is 1. The molecule has 0 heterocycles. The van der Waals surface area contributed by atoms with Gasteiger partial charge >= 0.3 is 5.97 Å². The molecule has 0 bridgehead atoms. The van der Waals surface area contributed by atoms with Crippen molar-refractivity contribution in [2.45, 2.75) is 168 Å². The number of rotatable bonds is 26. The molecule has 3 nitrogen and oxygen atoms in total. The summed E-state index contributed by atoms with van der Waals surface area (Å²) in [6, 6.07) is 0. The fourth-order valence-electron chi connectivity index (χ4n) is 4.21. The number of aliphatic hydroxyl groups is 1. The predicted molar refractivity (Wildman–Crippen MR) is 144 cm³/mol. The third kappa shape index (κ3) is 27.3. The minimum atomic E-state index is -0.164. The van der Waals surface area contributed by atoms with E-state index in [1.807, 2.05) is 0 Å². The van der Waals surface area contributed by atoms with E-state index in [4.69, 9.17) is 4.74 Å². The Labute approximate surface area is 207 Å². The standard InChI is InChI=1S/C30H58O3/c1-3-5-7-9-10-11-14-17-20-24-28-33-30(32)27-23-19-16-13-12-15-18-22-26-29(31)25-21-8-6-4-2/h18,22,29,31H,3-17,19-21,23-28H2,1-2H3/b22-18+/t29-/m1/s1. The van der Waals surface area contributed by atoms with Crippen LogP contribution in [0.25, 0.3) is 0 Å². The first-order chi connectivity index (χ1) is 16.2. The Morgan fingerprint density at radius 3 is 1.82 bits per heavy atom. The number of aliphatic hydroxyl groups excluding tert-OH is 1. The summed E-state index contributed by atoms with van der Waals surface area (Å²) in [6.45, 7) is 5.09. The van der Waals surface area contributed by atoms with Gasteiger partial charge in [0.1, 0.15) is 0 Å². The van der Waals surface area contributed by atoms with Gasteiger partial charge < -0.3 is 9.84 Å². The number of hydrogen-bond acceptors (Lipinski definition) is 3. The summed E-state index contributed by atoms with van der Waals surface area (Å²) in [5.41, 5.74) is 0. The lowest BCUT2D eigenvalue weighted by Crippen LogP contribution is -2.05. The molecule has 0 aromatic rings. The fraction of sp³-hybridized carbons (Fsp3) is 0.900. The second-order valence-corrected chi connectivity index (χ2v) is 9.92. The van der Waals surface area contributed by atoms with Crippen LogP contribution in [0.1, 0.15) is 162 Å². The zero-order valence-corrected chi connectivity index (χ0v) is 22.5. The number of esters is 1. The summed E-state index contributed by atoms with van der Waals surface area (Å²) in [4.78, 5) is 11.8. The number of unbranched alkanes of at least 4 members (excludes halogenated alkanes) is 17. The highest BCUT2D eigenvalue weighted by Crippen LogP contribution is 2.12. The van der Waals surface area contributed by atoms with Gasteiger partial charge in [-0.3, -0.25) is 4.79 Å². The van der Waals surface area contributed by atoms with Crippen LogP contribution >= 0.6 is 0 Å². The Balaban J connectivity index is 3.28. The normalized spacial score (nSPS) is 12.5. The Hall–Kier alpha value is -0.830. The molecular formula is C30H58O3. The van der Waals surface area contributed by atoms with Crippen molar-refractivity contribution in [1.82, 2.24) is 0 Å². The molecule has 0 amide bonds. The smallest absolute Gasteiger partial charge is 0.305 e. The van der Waals surface area contributed by atoms with Crippen LogP contribution in [0.5, 0.6) is 0 Å². The summed E-state index contributed by atoms with van der Waals surface area (Å²) in [5, 5.41) is 9.95. The lowest BCUT2D eigenvalue weighted by atomic mass is 10.1. The first-order valence-electron chi connectivity index (χ1n) is 14.7. The molecule has 0 unspecified atom stereocenters. The lowest BCUT2D eigenvalue weighted by molar-refractivity contribution is -0.143. The van der Waals surface area contributed by atoms with Gasteiger partial charge in [0, 0.05) is 6.42 Å². The van der Waals surface area contributed by atoms with Crippen LogP contribution in [0.4, 0.5) is 0 Å². The van der Waals surface area contributed by atoms with Gasteiger partial charge in [0.15, 0.2) is 0 Å². The molecule has 196 valence electrons. The highest BCUT2D eigenvalue weighted by molar-refractivity contribution is 5.69. The first kappa shape index (κ1) is 32.2. The van der Waals surface area contributed by atoms with E-state index >= 15 is 0 Å². The van der Waals surface area contributed by atoms with Crippen molar-refractivity contribution >= 4 is 5.97 Å². The number of allylic oxidation sites excluding steroid dienone is 1. The van der Waals surface area contributed by atoms with Crippen molar-refractivity contribution in [2.24, 2.45) is 0 Å². The minimum absolute atomic E-state index is 0.0119. The summed E-state index contributed by atoms with van der Waals surface area (Å²) in [5.74, 6) is -0.0119. The highest BCUT2D eigenvalue weighted by atomic mass is 16.5. The van der Waals surface area contributed by atoms with Crippen molar-refractivity contribution in [3.63, 3.8) is 0 Å². The molecule has 0 aromatic carbocycles. The highest BCUT2D eigenvalue weighted by Gasteiger charge is 2.03. The van der Waals surface area contributed by atoms with Crippen LogP contribution in [0.3, 0.4) is 0 Å². The van der Waals surface area contributed by atoms with Crippen molar-refractivity contribution in [3.8, 4) is 0 Å². The van der Waals surface area contributed by atoms with Crippen molar-refractivity contribution in [1.29, 1.82) is 0 Å². The molecule has 1 N–H and O–H groups in total. The van der Waals surface area contributed by atoms with Gasteiger partial charge in [-0.05, 0) is 38.5 Å². The molecule has 0 saturated heterocycles. The molecule has 0 saturated carbocycles. The zero-order valence-electron chi connectivity index (χ0n) is 22.5. The van der Waals surface area contributed by atoms with Gasteiger partial charge in [-0.25, -0.2) is 0 Å². The molecular weight excluding hydrogens is 408 g/mol. The third-order valence-corrected chi connectivity index (χ3v) is 6.48. The van der Waals surface area contributed by atoms with Gasteiger partial charge in [-0.1, -0.05) is 129 Å². The van der Waals surface area contributed by atoms with E-state index in [1.165, 1.54) is 96.3 Å². The maximum Gasteiger partial charge on any atom is 0.305 e. The first-order valence-corrected chi connectivity index (χ1v) is 14.7. The van der Waals surface area contributed by atoms with Gasteiger partial charge in [0.25, 0.3) is 0 Å². The second kappa shape index (κ2) is 27.4. The molecule has 3 heteroatoms. The van der Waals surface area contributed by atoms with Gasteiger partial charge in [0.2, 0.25) is 0 Å². The van der Waals surface area contributed by atoms with E-state index in [-0.39, 0.29) is 12.1 Å². The van der Waals surface area contributed by atoms with Gasteiger partial charge in [-0.15, -0.1) is 0 Å². The molecule has 33 heavy (non-hydrogen) atoms. The van der Waals surface area contributed by atoms with Gasteiger partial charge in [0.05, 0.1) is 12.7 Å². The van der Waals surface area contributed by atoms with Crippen LogP contribution in [0.15, 0.2) is 12.2 Å². The minimum Gasteiger partial charge on any atom is -0.466 e. The zero-order chi connectivity index (χ0) is 24.2. The van der Waals surface area contributed by atoms with E-state index in [0.29, 0.717) is 13.0 Å². The number of carbonyl (C=O) groups is 1. The summed E-state index contributed by atoms with van der Waals surface area (Å²) >= 11 is 0. The summed E-state index contributed by atoms with van der Waals surface area (Å²) < 4.78 is 5.37.